The van der Waals surface area contributed by atoms with E-state index in [4.69, 9.17) is 5.11 Å². The first kappa shape index (κ1) is 9.21. The average molecular weight is 142 g/mol. The molecule has 0 heterocycles. The molecule has 0 atom stereocenters. The van der Waals surface area contributed by atoms with Gasteiger partial charge in [-0.15, -0.1) is 0 Å². The summed E-state index contributed by atoms with van der Waals surface area (Å²) in [5, 5.41) is 8.33. The van der Waals surface area contributed by atoms with Crippen molar-refractivity contribution in [2.24, 2.45) is 0 Å². The summed E-state index contributed by atoms with van der Waals surface area (Å²) >= 11 is 0. The van der Waals surface area contributed by atoms with E-state index in [9.17, 15) is 4.79 Å². The lowest BCUT2D eigenvalue weighted by Crippen LogP contribution is -1.94. The van der Waals surface area contributed by atoms with Crippen LogP contribution in [0.25, 0.3) is 0 Å². The van der Waals surface area contributed by atoms with Crippen LogP contribution in [-0.2, 0) is 4.79 Å². The second-order valence-electron chi connectivity index (χ2n) is 2.19. The standard InChI is InChI=1S/C8H14O2/c1-3-7(4-2)5-6-8(9)10/h3H,4-6H2,1-2H3,(H,9,10). The fourth-order valence-corrected chi connectivity index (χ4v) is 0.793. The van der Waals surface area contributed by atoms with Crippen LogP contribution in [-0.4, -0.2) is 11.1 Å². The van der Waals surface area contributed by atoms with Crippen molar-refractivity contribution in [3.05, 3.63) is 11.6 Å². The molecule has 0 aliphatic carbocycles. The summed E-state index contributed by atoms with van der Waals surface area (Å²) in [6, 6.07) is 0. The van der Waals surface area contributed by atoms with Crippen LogP contribution in [0.4, 0.5) is 0 Å². The number of carbonyl (C=O) groups is 1. The first-order valence-corrected chi connectivity index (χ1v) is 3.56. The summed E-state index contributed by atoms with van der Waals surface area (Å²) in [5.41, 5.74) is 1.22. The Morgan fingerprint density at radius 2 is 2.10 bits per heavy atom. The molecule has 0 aromatic heterocycles. The van der Waals surface area contributed by atoms with E-state index in [1.807, 2.05) is 19.9 Å². The summed E-state index contributed by atoms with van der Waals surface area (Å²) in [7, 11) is 0. The predicted molar refractivity (Wildman–Crippen MR) is 40.9 cm³/mol. The summed E-state index contributed by atoms with van der Waals surface area (Å²) in [4.78, 5) is 10.1. The molecule has 0 saturated carbocycles. The van der Waals surface area contributed by atoms with Gasteiger partial charge >= 0.3 is 5.97 Å². The Morgan fingerprint density at radius 1 is 1.50 bits per heavy atom. The molecule has 10 heavy (non-hydrogen) atoms. The molecule has 2 heteroatoms. The van der Waals surface area contributed by atoms with E-state index in [-0.39, 0.29) is 6.42 Å². The topological polar surface area (TPSA) is 37.3 Å². The average Bonchev–Trinajstić information content (AvgIpc) is 1.90. The van der Waals surface area contributed by atoms with Crippen molar-refractivity contribution < 1.29 is 9.90 Å². The summed E-state index contributed by atoms with van der Waals surface area (Å²) in [6.45, 7) is 3.98. The van der Waals surface area contributed by atoms with Crippen molar-refractivity contribution in [1.29, 1.82) is 0 Å². The minimum atomic E-state index is -0.715. The largest absolute Gasteiger partial charge is 0.481 e. The molecule has 0 amide bonds. The third kappa shape index (κ3) is 4.13. The first-order valence-electron chi connectivity index (χ1n) is 3.56. The van der Waals surface area contributed by atoms with Crippen LogP contribution in [0.15, 0.2) is 11.6 Å². The molecule has 0 fully saturated rings. The molecule has 0 spiro atoms. The Balaban J connectivity index is 3.56. The lowest BCUT2D eigenvalue weighted by molar-refractivity contribution is -0.136. The highest BCUT2D eigenvalue weighted by atomic mass is 16.4. The van der Waals surface area contributed by atoms with Gasteiger partial charge < -0.3 is 5.11 Å². The third-order valence-corrected chi connectivity index (χ3v) is 1.52. The number of hydrogen-bond acceptors (Lipinski definition) is 1. The van der Waals surface area contributed by atoms with Gasteiger partial charge in [-0.05, 0) is 19.8 Å². The van der Waals surface area contributed by atoms with Gasteiger partial charge in [0.05, 0.1) is 0 Å². The quantitative estimate of drug-likeness (QED) is 0.611. The molecule has 0 aromatic rings. The fourth-order valence-electron chi connectivity index (χ4n) is 0.793. The van der Waals surface area contributed by atoms with Gasteiger partial charge in [-0.2, -0.15) is 0 Å². The van der Waals surface area contributed by atoms with Crippen LogP contribution in [0.5, 0.6) is 0 Å². The van der Waals surface area contributed by atoms with E-state index in [1.54, 1.807) is 0 Å². The zero-order valence-electron chi connectivity index (χ0n) is 6.55. The molecular weight excluding hydrogens is 128 g/mol. The number of rotatable bonds is 4. The van der Waals surface area contributed by atoms with Gasteiger partial charge in [0.15, 0.2) is 0 Å². The van der Waals surface area contributed by atoms with Gasteiger partial charge in [0.25, 0.3) is 0 Å². The molecule has 0 rings (SSSR count). The monoisotopic (exact) mass is 142 g/mol. The summed E-state index contributed by atoms with van der Waals surface area (Å²) in [6.07, 6.45) is 3.91. The summed E-state index contributed by atoms with van der Waals surface area (Å²) < 4.78 is 0. The second kappa shape index (κ2) is 5.03. The zero-order valence-corrected chi connectivity index (χ0v) is 6.55. The zero-order chi connectivity index (χ0) is 7.98. The van der Waals surface area contributed by atoms with Crippen LogP contribution >= 0.6 is 0 Å². The molecule has 58 valence electrons. The number of carboxylic acids is 1. The maximum atomic E-state index is 10.1. The highest BCUT2D eigenvalue weighted by Gasteiger charge is 1.97. The SMILES string of the molecule is CC=C(CC)CCC(=O)O. The van der Waals surface area contributed by atoms with E-state index in [0.717, 1.165) is 6.42 Å². The lowest BCUT2D eigenvalue weighted by Gasteiger charge is -1.98. The van der Waals surface area contributed by atoms with Gasteiger partial charge in [0.2, 0.25) is 0 Å². The predicted octanol–water partition coefficient (Wildman–Crippen LogP) is 2.21. The Hall–Kier alpha value is -0.790. The molecule has 0 saturated heterocycles. The van der Waals surface area contributed by atoms with Gasteiger partial charge in [-0.25, -0.2) is 0 Å². The van der Waals surface area contributed by atoms with E-state index in [0.29, 0.717) is 6.42 Å². The van der Waals surface area contributed by atoms with Crippen molar-refractivity contribution >= 4 is 5.97 Å². The van der Waals surface area contributed by atoms with E-state index >= 15 is 0 Å². The Kier molecular flexibility index (Phi) is 4.63. The minimum Gasteiger partial charge on any atom is -0.481 e. The van der Waals surface area contributed by atoms with Crippen LogP contribution < -0.4 is 0 Å². The summed E-state index contributed by atoms with van der Waals surface area (Å²) in [5.74, 6) is -0.715. The normalized spacial score (nSPS) is 11.6. The second-order valence-corrected chi connectivity index (χ2v) is 2.19. The molecule has 2 nitrogen and oxygen atoms in total. The van der Waals surface area contributed by atoms with E-state index in [1.165, 1.54) is 5.57 Å². The Bertz CT molecular complexity index is 136. The molecule has 0 aromatic carbocycles. The van der Waals surface area contributed by atoms with Gasteiger partial charge in [0.1, 0.15) is 0 Å². The third-order valence-electron chi connectivity index (χ3n) is 1.52. The fraction of sp³-hybridized carbons (Fsp3) is 0.625. The van der Waals surface area contributed by atoms with E-state index < -0.39 is 5.97 Å². The Labute approximate surface area is 61.6 Å². The van der Waals surface area contributed by atoms with E-state index in [2.05, 4.69) is 0 Å². The molecule has 1 N–H and O–H groups in total. The van der Waals surface area contributed by atoms with Crippen molar-refractivity contribution in [2.45, 2.75) is 33.1 Å². The molecule has 0 bridgehead atoms. The van der Waals surface area contributed by atoms with Crippen molar-refractivity contribution in [2.75, 3.05) is 0 Å². The molecule has 0 aliphatic rings. The van der Waals surface area contributed by atoms with Crippen LogP contribution in [0.2, 0.25) is 0 Å². The highest BCUT2D eigenvalue weighted by Crippen LogP contribution is 2.08. The molecule has 0 radical (unpaired) electrons. The highest BCUT2D eigenvalue weighted by molar-refractivity contribution is 5.67. The number of carboxylic acid groups (broad SMARTS) is 1. The lowest BCUT2D eigenvalue weighted by atomic mass is 10.1. The first-order chi connectivity index (χ1) is 4.70. The van der Waals surface area contributed by atoms with Crippen molar-refractivity contribution in [1.82, 2.24) is 0 Å². The molecule has 0 aliphatic heterocycles. The number of allylic oxidation sites excluding steroid dienone is 2. The van der Waals surface area contributed by atoms with Gasteiger partial charge in [0, 0.05) is 6.42 Å². The van der Waals surface area contributed by atoms with Crippen LogP contribution in [0, 0.1) is 0 Å². The van der Waals surface area contributed by atoms with Crippen molar-refractivity contribution in [3.8, 4) is 0 Å². The maximum Gasteiger partial charge on any atom is 0.303 e. The number of hydrogen-bond donors (Lipinski definition) is 1. The van der Waals surface area contributed by atoms with Crippen molar-refractivity contribution in [3.63, 3.8) is 0 Å². The Morgan fingerprint density at radius 3 is 2.40 bits per heavy atom. The number of aliphatic carboxylic acids is 1. The van der Waals surface area contributed by atoms with Gasteiger partial charge in [-0.3, -0.25) is 4.79 Å². The minimum absolute atomic E-state index is 0.257. The van der Waals surface area contributed by atoms with Gasteiger partial charge in [-0.1, -0.05) is 18.6 Å². The van der Waals surface area contributed by atoms with Crippen LogP contribution in [0.3, 0.4) is 0 Å². The molecular formula is C8H14O2. The maximum absolute atomic E-state index is 10.1. The smallest absolute Gasteiger partial charge is 0.303 e. The van der Waals surface area contributed by atoms with Crippen LogP contribution in [0.1, 0.15) is 33.1 Å². The molecule has 0 unspecified atom stereocenters.